The van der Waals surface area contributed by atoms with Gasteiger partial charge in [0.1, 0.15) is 11.6 Å². The molecule has 0 aliphatic carbocycles. The van der Waals surface area contributed by atoms with Crippen LogP contribution in [0.15, 0.2) is 52.3 Å². The highest BCUT2D eigenvalue weighted by Crippen LogP contribution is 2.34. The van der Waals surface area contributed by atoms with E-state index in [1.54, 1.807) is 6.07 Å². The molecule has 144 valence electrons. The lowest BCUT2D eigenvalue weighted by Gasteiger charge is -2.17. The second-order valence-electron chi connectivity index (χ2n) is 6.21. The van der Waals surface area contributed by atoms with Crippen molar-refractivity contribution in [1.82, 2.24) is 5.32 Å². The number of sulfone groups is 1. The van der Waals surface area contributed by atoms with Gasteiger partial charge in [-0.15, -0.1) is 0 Å². The van der Waals surface area contributed by atoms with Crippen molar-refractivity contribution in [2.45, 2.75) is 22.1 Å². The molecule has 6 nitrogen and oxygen atoms in total. The Labute approximate surface area is 157 Å². The standard InChI is InChI=1S/C19H20FNO5S/c1-25-19(22)12-26-18-10-16(5-6-17(18)13-7-8-21-11-13)27(23,24)15-4-2-3-14(20)9-15/h2-6,9-10,13,21H,7-8,11-12H2,1H3/t13-/m0/s1. The molecule has 3 rings (SSSR count). The lowest BCUT2D eigenvalue weighted by Crippen LogP contribution is -2.15. The maximum absolute atomic E-state index is 13.5. The Morgan fingerprint density at radius 3 is 2.67 bits per heavy atom. The van der Waals surface area contributed by atoms with Gasteiger partial charge in [-0.05, 0) is 48.9 Å². The van der Waals surface area contributed by atoms with E-state index in [0.29, 0.717) is 5.75 Å². The summed E-state index contributed by atoms with van der Waals surface area (Å²) in [5.41, 5.74) is 0.821. The highest BCUT2D eigenvalue weighted by molar-refractivity contribution is 7.91. The minimum absolute atomic E-state index is 0.0253. The molecule has 2 aromatic carbocycles. The van der Waals surface area contributed by atoms with Crippen LogP contribution in [0.5, 0.6) is 5.75 Å². The molecule has 8 heteroatoms. The molecule has 1 aliphatic heterocycles. The van der Waals surface area contributed by atoms with Crippen LogP contribution >= 0.6 is 0 Å². The lowest BCUT2D eigenvalue weighted by atomic mass is 9.97. The summed E-state index contributed by atoms with van der Waals surface area (Å²) in [5, 5.41) is 3.24. The van der Waals surface area contributed by atoms with Gasteiger partial charge < -0.3 is 14.8 Å². The molecular formula is C19H20FNO5S. The van der Waals surface area contributed by atoms with E-state index >= 15 is 0 Å². The average Bonchev–Trinajstić information content (AvgIpc) is 3.20. The first-order valence-corrected chi connectivity index (χ1v) is 9.95. The number of benzene rings is 2. The Bertz CT molecular complexity index is 939. The number of ether oxygens (including phenoxy) is 2. The normalized spacial score (nSPS) is 16.9. The number of carbonyl (C=O) groups is 1. The average molecular weight is 393 g/mol. The summed E-state index contributed by atoms with van der Waals surface area (Å²) < 4.78 is 49.3. The number of hydrogen-bond acceptors (Lipinski definition) is 6. The molecule has 1 saturated heterocycles. The second-order valence-corrected chi connectivity index (χ2v) is 8.16. The smallest absolute Gasteiger partial charge is 0.343 e. The first kappa shape index (κ1) is 19.3. The van der Waals surface area contributed by atoms with Crippen molar-refractivity contribution in [1.29, 1.82) is 0 Å². The summed E-state index contributed by atoms with van der Waals surface area (Å²) >= 11 is 0. The second kappa shape index (κ2) is 8.06. The van der Waals surface area contributed by atoms with E-state index in [-0.39, 0.29) is 22.3 Å². The zero-order chi connectivity index (χ0) is 19.4. The molecule has 1 heterocycles. The molecule has 0 amide bonds. The summed E-state index contributed by atoms with van der Waals surface area (Å²) in [6, 6.07) is 9.39. The van der Waals surface area contributed by atoms with Gasteiger partial charge in [-0.2, -0.15) is 0 Å². The van der Waals surface area contributed by atoms with Gasteiger partial charge in [0, 0.05) is 12.5 Å². The predicted octanol–water partition coefficient (Wildman–Crippen LogP) is 2.29. The van der Waals surface area contributed by atoms with Crippen molar-refractivity contribution in [3.63, 3.8) is 0 Å². The van der Waals surface area contributed by atoms with Crippen molar-refractivity contribution in [3.8, 4) is 5.75 Å². The van der Waals surface area contributed by atoms with E-state index in [4.69, 9.17) is 4.74 Å². The van der Waals surface area contributed by atoms with E-state index in [9.17, 15) is 17.6 Å². The van der Waals surface area contributed by atoms with Crippen LogP contribution in [-0.2, 0) is 19.4 Å². The molecule has 1 aliphatic rings. The lowest BCUT2D eigenvalue weighted by molar-refractivity contribution is -0.142. The highest BCUT2D eigenvalue weighted by atomic mass is 32.2. The minimum Gasteiger partial charge on any atom is -0.482 e. The Hall–Kier alpha value is -2.45. The zero-order valence-corrected chi connectivity index (χ0v) is 15.6. The summed E-state index contributed by atoms with van der Waals surface area (Å²) in [4.78, 5) is 11.3. The fourth-order valence-corrected chi connectivity index (χ4v) is 4.34. The van der Waals surface area contributed by atoms with Crippen LogP contribution in [0.2, 0.25) is 0 Å². The topological polar surface area (TPSA) is 81.7 Å². The van der Waals surface area contributed by atoms with Gasteiger partial charge in [0.15, 0.2) is 6.61 Å². The van der Waals surface area contributed by atoms with Crippen LogP contribution in [0, 0.1) is 5.82 Å². The van der Waals surface area contributed by atoms with Crippen LogP contribution in [0.4, 0.5) is 4.39 Å². The maximum Gasteiger partial charge on any atom is 0.343 e. The molecule has 0 radical (unpaired) electrons. The third kappa shape index (κ3) is 4.28. The van der Waals surface area contributed by atoms with Crippen LogP contribution in [0.25, 0.3) is 0 Å². The zero-order valence-electron chi connectivity index (χ0n) is 14.8. The number of methoxy groups -OCH3 is 1. The van der Waals surface area contributed by atoms with E-state index < -0.39 is 21.6 Å². The highest BCUT2D eigenvalue weighted by Gasteiger charge is 2.25. The monoisotopic (exact) mass is 393 g/mol. The van der Waals surface area contributed by atoms with Gasteiger partial charge in [0.2, 0.25) is 9.84 Å². The van der Waals surface area contributed by atoms with Crippen molar-refractivity contribution in [3.05, 3.63) is 53.8 Å². The summed E-state index contributed by atoms with van der Waals surface area (Å²) in [5.74, 6) is -0.731. The molecule has 2 aromatic rings. The summed E-state index contributed by atoms with van der Waals surface area (Å²) in [7, 11) is -2.67. The van der Waals surface area contributed by atoms with Crippen LogP contribution in [0.3, 0.4) is 0 Å². The summed E-state index contributed by atoms with van der Waals surface area (Å²) in [6.07, 6.45) is 0.880. The fraction of sp³-hybridized carbons (Fsp3) is 0.316. The Morgan fingerprint density at radius 1 is 1.22 bits per heavy atom. The molecule has 0 unspecified atom stereocenters. The first-order valence-electron chi connectivity index (χ1n) is 8.47. The Morgan fingerprint density at radius 2 is 2.00 bits per heavy atom. The van der Waals surface area contributed by atoms with Gasteiger partial charge in [-0.25, -0.2) is 17.6 Å². The molecule has 0 bridgehead atoms. The van der Waals surface area contributed by atoms with Crippen LogP contribution in [-0.4, -0.2) is 41.2 Å². The molecule has 1 atom stereocenters. The fourth-order valence-electron chi connectivity index (χ4n) is 3.03. The number of halogens is 1. The van der Waals surface area contributed by atoms with E-state index in [1.165, 1.54) is 37.4 Å². The molecule has 1 N–H and O–H groups in total. The van der Waals surface area contributed by atoms with Gasteiger partial charge in [-0.1, -0.05) is 12.1 Å². The summed E-state index contributed by atoms with van der Waals surface area (Å²) in [6.45, 7) is 1.27. The van der Waals surface area contributed by atoms with E-state index in [0.717, 1.165) is 31.1 Å². The molecule has 1 fully saturated rings. The van der Waals surface area contributed by atoms with E-state index in [1.807, 2.05) is 0 Å². The van der Waals surface area contributed by atoms with Gasteiger partial charge in [-0.3, -0.25) is 0 Å². The Balaban J connectivity index is 1.99. The van der Waals surface area contributed by atoms with Crippen molar-refractivity contribution in [2.75, 3.05) is 26.8 Å². The molecule has 0 aromatic heterocycles. The Kier molecular flexibility index (Phi) is 5.76. The predicted molar refractivity (Wildman–Crippen MR) is 96.0 cm³/mol. The molecular weight excluding hydrogens is 373 g/mol. The van der Waals surface area contributed by atoms with Gasteiger partial charge in [0.25, 0.3) is 0 Å². The van der Waals surface area contributed by atoms with Crippen LogP contribution < -0.4 is 10.1 Å². The molecule has 0 saturated carbocycles. The van der Waals surface area contributed by atoms with Crippen molar-refractivity contribution >= 4 is 15.8 Å². The van der Waals surface area contributed by atoms with Gasteiger partial charge >= 0.3 is 5.97 Å². The van der Waals surface area contributed by atoms with Crippen LogP contribution in [0.1, 0.15) is 17.9 Å². The molecule has 0 spiro atoms. The van der Waals surface area contributed by atoms with Gasteiger partial charge in [0.05, 0.1) is 16.9 Å². The minimum atomic E-state index is -3.92. The quantitative estimate of drug-likeness (QED) is 0.759. The number of hydrogen-bond donors (Lipinski definition) is 1. The van der Waals surface area contributed by atoms with E-state index in [2.05, 4.69) is 10.1 Å². The van der Waals surface area contributed by atoms with Crippen molar-refractivity contribution < 1.29 is 27.1 Å². The van der Waals surface area contributed by atoms with Crippen molar-refractivity contribution in [2.24, 2.45) is 0 Å². The SMILES string of the molecule is COC(=O)COc1cc(S(=O)(=O)c2cccc(F)c2)ccc1[C@H]1CCNC1. The third-order valence-corrected chi connectivity index (χ3v) is 6.22. The largest absolute Gasteiger partial charge is 0.482 e. The first-order chi connectivity index (χ1) is 12.9. The number of nitrogens with one attached hydrogen (secondary N) is 1. The number of esters is 1. The third-order valence-electron chi connectivity index (χ3n) is 4.48. The number of carbonyl (C=O) groups excluding carboxylic acids is 1. The number of rotatable bonds is 6. The maximum atomic E-state index is 13.5. The molecule has 27 heavy (non-hydrogen) atoms.